The van der Waals surface area contributed by atoms with Crippen molar-refractivity contribution in [2.24, 2.45) is 0 Å². The Bertz CT molecular complexity index is 4990. The number of Topliss-reactive ketones (excluding diaryl/α,β-unsaturated/α-hetero) is 2. The van der Waals surface area contributed by atoms with Crippen molar-refractivity contribution >= 4 is 56.2 Å². The number of ketones is 2. The van der Waals surface area contributed by atoms with Crippen molar-refractivity contribution in [3.05, 3.63) is 421 Å². The molecular formula is C94H62O3. The highest BCUT2D eigenvalue weighted by molar-refractivity contribution is 6.60. The van der Waals surface area contributed by atoms with Gasteiger partial charge < -0.3 is 4.74 Å². The Labute approximate surface area is 565 Å². The second-order valence-corrected chi connectivity index (χ2v) is 24.5. The topological polar surface area (TPSA) is 43.4 Å². The number of hydrogen-bond acceptors (Lipinski definition) is 3. The number of rotatable bonds is 16. The summed E-state index contributed by atoms with van der Waals surface area (Å²) in [5, 5.41) is 0. The molecule has 456 valence electrons. The zero-order valence-electron chi connectivity index (χ0n) is 53.0. The molecule has 0 spiro atoms. The van der Waals surface area contributed by atoms with Gasteiger partial charge in [-0.1, -0.05) is 352 Å². The number of ether oxygens (including phenoxy) is 1. The maximum Gasteiger partial charge on any atom is 0.195 e. The molecule has 2 aliphatic rings. The van der Waals surface area contributed by atoms with E-state index in [1.54, 1.807) is 0 Å². The summed E-state index contributed by atoms with van der Waals surface area (Å²) in [6, 6.07) is 129. The van der Waals surface area contributed by atoms with Gasteiger partial charge in [0.15, 0.2) is 11.6 Å². The van der Waals surface area contributed by atoms with Crippen LogP contribution in [0.2, 0.25) is 0 Å². The number of hydrogen-bond donors (Lipinski definition) is 0. The maximum atomic E-state index is 15.8. The summed E-state index contributed by atoms with van der Waals surface area (Å²) in [6.45, 7) is 0. The molecule has 3 heteroatoms. The zero-order chi connectivity index (χ0) is 65.0. The first kappa shape index (κ1) is 59.2. The van der Waals surface area contributed by atoms with Gasteiger partial charge in [-0.2, -0.15) is 0 Å². The zero-order valence-corrected chi connectivity index (χ0v) is 53.0. The summed E-state index contributed by atoms with van der Waals surface area (Å²) < 4.78 is 6.81. The maximum absolute atomic E-state index is 15.8. The van der Waals surface area contributed by atoms with E-state index in [0.717, 1.165) is 134 Å². The molecule has 0 amide bonds. The van der Waals surface area contributed by atoms with E-state index in [1.165, 1.54) is 0 Å². The molecule has 3 nitrogen and oxygen atoms in total. The molecule has 0 N–H and O–H groups in total. The minimum atomic E-state index is -0.0424. The van der Waals surface area contributed by atoms with Gasteiger partial charge in [0, 0.05) is 44.6 Å². The van der Waals surface area contributed by atoms with E-state index in [2.05, 4.69) is 267 Å². The lowest BCUT2D eigenvalue weighted by atomic mass is 9.88. The van der Waals surface area contributed by atoms with Gasteiger partial charge in [0.1, 0.15) is 11.5 Å². The van der Waals surface area contributed by atoms with Crippen LogP contribution in [0.1, 0.15) is 44.5 Å². The van der Waals surface area contributed by atoms with Crippen LogP contribution in [-0.2, 0) is 9.59 Å². The lowest BCUT2D eigenvalue weighted by Crippen LogP contribution is -2.02. The van der Waals surface area contributed by atoms with Crippen molar-refractivity contribution in [3.63, 3.8) is 0 Å². The van der Waals surface area contributed by atoms with Gasteiger partial charge in [-0.3, -0.25) is 9.59 Å². The Kier molecular flexibility index (Phi) is 16.0. The predicted molar refractivity (Wildman–Crippen MR) is 401 cm³/mol. The number of carbonyl (C=O) groups is 2. The molecule has 0 aromatic heterocycles. The molecule has 97 heavy (non-hydrogen) atoms. The first-order valence-electron chi connectivity index (χ1n) is 32.9. The molecule has 0 unspecified atom stereocenters. The largest absolute Gasteiger partial charge is 0.457 e. The number of carbonyl (C=O) groups excluding carboxylic acids is 2. The van der Waals surface area contributed by atoms with Crippen molar-refractivity contribution < 1.29 is 14.3 Å². The van der Waals surface area contributed by atoms with Crippen molar-refractivity contribution in [1.29, 1.82) is 0 Å². The lowest BCUT2D eigenvalue weighted by Gasteiger charge is -2.16. The third kappa shape index (κ3) is 11.8. The van der Waals surface area contributed by atoms with Crippen molar-refractivity contribution in [3.8, 4) is 78.3 Å². The van der Waals surface area contributed by atoms with Gasteiger partial charge in [0.2, 0.25) is 0 Å². The Morgan fingerprint density at radius 3 is 0.412 bits per heavy atom. The Balaban J connectivity index is 0.794. The van der Waals surface area contributed by atoms with Crippen LogP contribution in [0, 0.1) is 0 Å². The SMILES string of the molecule is O=C1C(c2ccc(-c3ccccc3)cc2)=C(c2ccc(Oc3ccc(C4=C(c5ccc(-c6ccccc6)cc5)C(=O)C(c5ccc(-c6ccccc6)cc5)=C4c4ccc(-c5ccccc5)cc4)cc3)cc2)C(c2ccc(-c3ccccc3)cc2)=C1c1ccc(-c2ccccc2)cc1. The van der Waals surface area contributed by atoms with Crippen LogP contribution < -0.4 is 4.74 Å². The second kappa shape index (κ2) is 26.3. The molecule has 0 fully saturated rings. The van der Waals surface area contributed by atoms with Gasteiger partial charge in [0.05, 0.1) is 0 Å². The fourth-order valence-electron chi connectivity index (χ4n) is 13.7. The van der Waals surface area contributed by atoms with Crippen LogP contribution in [0.4, 0.5) is 0 Å². The van der Waals surface area contributed by atoms with E-state index in [-0.39, 0.29) is 11.6 Å². The summed E-state index contributed by atoms with van der Waals surface area (Å²) in [4.78, 5) is 31.7. The fourth-order valence-corrected chi connectivity index (χ4v) is 13.7. The van der Waals surface area contributed by atoms with E-state index < -0.39 is 0 Å². The highest BCUT2D eigenvalue weighted by atomic mass is 16.5. The van der Waals surface area contributed by atoms with Crippen molar-refractivity contribution in [2.75, 3.05) is 0 Å². The Morgan fingerprint density at radius 2 is 0.247 bits per heavy atom. The summed E-state index contributed by atoms with van der Waals surface area (Å²) in [6.07, 6.45) is 0. The highest BCUT2D eigenvalue weighted by Crippen LogP contribution is 2.53. The predicted octanol–water partition coefficient (Wildman–Crippen LogP) is 23.7. The molecule has 0 saturated carbocycles. The first-order chi connectivity index (χ1) is 47.9. The van der Waals surface area contributed by atoms with E-state index >= 15 is 9.59 Å². The molecular weight excluding hydrogens is 1180 g/mol. The van der Waals surface area contributed by atoms with Crippen LogP contribution in [-0.4, -0.2) is 11.6 Å². The van der Waals surface area contributed by atoms with Crippen LogP contribution >= 0.6 is 0 Å². The fraction of sp³-hybridized carbons (Fsp3) is 0. The lowest BCUT2D eigenvalue weighted by molar-refractivity contribution is -0.109. The van der Waals surface area contributed by atoms with Crippen LogP contribution in [0.5, 0.6) is 11.5 Å². The normalized spacial score (nSPS) is 13.0. The molecule has 0 aliphatic heterocycles. The van der Waals surface area contributed by atoms with E-state index in [0.29, 0.717) is 33.8 Å². The van der Waals surface area contributed by atoms with E-state index in [9.17, 15) is 0 Å². The van der Waals surface area contributed by atoms with Crippen LogP contribution in [0.15, 0.2) is 376 Å². The van der Waals surface area contributed by atoms with Crippen molar-refractivity contribution in [2.45, 2.75) is 0 Å². The van der Waals surface area contributed by atoms with Gasteiger partial charge in [-0.25, -0.2) is 0 Å². The van der Waals surface area contributed by atoms with Gasteiger partial charge in [-0.05, 0) is 136 Å². The van der Waals surface area contributed by atoms with Gasteiger partial charge in [0.25, 0.3) is 0 Å². The van der Waals surface area contributed by atoms with E-state index in [1.807, 2.05) is 109 Å². The molecule has 14 aromatic carbocycles. The molecule has 0 heterocycles. The molecule has 16 rings (SSSR count). The standard InChI is InChI=1S/C94H62O3/c95-93-89(79-47-35-71(36-48-79)65-23-11-3-12-24-65)85(75-43-31-69(32-44-75)63-19-7-1-8-20-63)87(91(93)81-51-39-73(40-52-81)67-27-15-5-16-28-67)77-55-59-83(60-56-77)97-84-61-57-78(58-62-84)88-86(76-45-33-70(34-46-76)64-21-9-2-10-22-64)90(80-49-37-72(38-50-80)66-25-13-4-14-26-66)94(96)92(88)82-53-41-74(42-54-82)68-29-17-6-18-30-68/h1-62H. The minimum absolute atomic E-state index is 0.0424. The molecule has 14 aromatic rings. The average molecular weight is 1240 g/mol. The second-order valence-electron chi connectivity index (χ2n) is 24.5. The third-order valence-electron chi connectivity index (χ3n) is 18.6. The number of benzene rings is 14. The first-order valence-corrected chi connectivity index (χ1v) is 32.9. The molecule has 0 radical (unpaired) electrons. The summed E-state index contributed by atoms with van der Waals surface area (Å²) in [7, 11) is 0. The monoisotopic (exact) mass is 1240 g/mol. The summed E-state index contributed by atoms with van der Waals surface area (Å²) in [5.41, 5.74) is 26.0. The quantitative estimate of drug-likeness (QED) is 0.0968. The Morgan fingerprint density at radius 1 is 0.124 bits per heavy atom. The molecule has 0 atom stereocenters. The average Bonchev–Trinajstić information content (AvgIpc) is 1.59. The van der Waals surface area contributed by atoms with Gasteiger partial charge in [-0.15, -0.1) is 0 Å². The van der Waals surface area contributed by atoms with Crippen molar-refractivity contribution in [1.82, 2.24) is 0 Å². The van der Waals surface area contributed by atoms with E-state index in [4.69, 9.17) is 4.74 Å². The Hall–Kier alpha value is -12.8. The minimum Gasteiger partial charge on any atom is -0.457 e. The third-order valence-corrected chi connectivity index (χ3v) is 18.6. The van der Waals surface area contributed by atoms with Crippen LogP contribution in [0.3, 0.4) is 0 Å². The molecule has 0 bridgehead atoms. The highest BCUT2D eigenvalue weighted by Gasteiger charge is 2.38. The molecule has 2 aliphatic carbocycles. The summed E-state index contributed by atoms with van der Waals surface area (Å²) >= 11 is 0. The number of allylic oxidation sites excluding steroid dienone is 8. The smallest absolute Gasteiger partial charge is 0.195 e. The summed E-state index contributed by atoms with van der Waals surface area (Å²) in [5.74, 6) is 1.16. The molecule has 0 saturated heterocycles. The van der Waals surface area contributed by atoms with Gasteiger partial charge >= 0.3 is 0 Å². The van der Waals surface area contributed by atoms with Crippen LogP contribution in [0.25, 0.3) is 111 Å².